The molecule has 35 heavy (non-hydrogen) atoms. The minimum Gasteiger partial charge on any atom is -0.493 e. The second-order valence-corrected chi connectivity index (χ2v) is 9.66. The Labute approximate surface area is 207 Å². The summed E-state index contributed by atoms with van der Waals surface area (Å²) in [5.74, 6) is 2.20. The lowest BCUT2D eigenvalue weighted by Crippen LogP contribution is -2.33. The van der Waals surface area contributed by atoms with Crippen LogP contribution < -0.4 is 14.8 Å². The number of thiophene rings is 1. The third kappa shape index (κ3) is 4.00. The number of Topliss-reactive ketones (excluding diaryl/α,β-unsaturated/α-hetero) is 1. The lowest BCUT2D eigenvalue weighted by Gasteiger charge is -2.35. The van der Waals surface area contributed by atoms with Crippen LogP contribution in [0.1, 0.15) is 40.8 Å². The molecule has 1 aliphatic heterocycles. The molecular weight excluding hydrogens is 460 g/mol. The van der Waals surface area contributed by atoms with Crippen molar-refractivity contribution < 1.29 is 14.3 Å². The zero-order chi connectivity index (χ0) is 23.8. The van der Waals surface area contributed by atoms with Crippen molar-refractivity contribution in [2.75, 3.05) is 12.4 Å². The molecule has 0 amide bonds. The smallest absolute Gasteiger partial charge is 0.226 e. The van der Waals surface area contributed by atoms with E-state index >= 15 is 0 Å². The van der Waals surface area contributed by atoms with E-state index in [4.69, 9.17) is 9.47 Å². The molecule has 7 nitrogen and oxygen atoms in total. The summed E-state index contributed by atoms with van der Waals surface area (Å²) in [6.07, 6.45) is 2.76. The minimum atomic E-state index is -0.377. The van der Waals surface area contributed by atoms with Gasteiger partial charge in [-0.15, -0.1) is 11.3 Å². The molecular formula is C27H24N4O3S. The fraction of sp³-hybridized carbons (Fsp3) is 0.222. The molecule has 2 aromatic heterocycles. The molecule has 1 N–H and O–H groups in total. The average Bonchev–Trinajstić information content (AvgIpc) is 3.59. The summed E-state index contributed by atoms with van der Waals surface area (Å²) in [5, 5.41) is 9.89. The summed E-state index contributed by atoms with van der Waals surface area (Å²) in [6.45, 7) is 0.439. The quantitative estimate of drug-likeness (QED) is 0.398. The average molecular weight is 485 g/mol. The Kier molecular flexibility index (Phi) is 5.58. The van der Waals surface area contributed by atoms with Crippen molar-refractivity contribution in [2.45, 2.75) is 31.4 Å². The second kappa shape index (κ2) is 9.03. The van der Waals surface area contributed by atoms with Gasteiger partial charge in [0.05, 0.1) is 7.11 Å². The molecule has 2 aliphatic rings. The molecule has 2 aromatic carbocycles. The Morgan fingerprint density at radius 3 is 2.77 bits per heavy atom. The number of ketones is 1. The Hall–Kier alpha value is -3.91. The number of carbonyl (C=O) groups is 1. The lowest BCUT2D eigenvalue weighted by atomic mass is 9.80. The topological polar surface area (TPSA) is 78.3 Å². The van der Waals surface area contributed by atoms with E-state index in [2.05, 4.69) is 26.8 Å². The fourth-order valence-electron chi connectivity index (χ4n) is 4.89. The van der Waals surface area contributed by atoms with Crippen molar-refractivity contribution in [1.29, 1.82) is 0 Å². The number of fused-ring (bicyclic) bond motifs is 1. The molecule has 176 valence electrons. The Balaban J connectivity index is 1.35. The monoisotopic (exact) mass is 484 g/mol. The first-order chi connectivity index (χ1) is 17.2. The van der Waals surface area contributed by atoms with Crippen molar-refractivity contribution in [1.82, 2.24) is 14.8 Å². The third-order valence-corrected chi connectivity index (χ3v) is 7.58. The zero-order valence-corrected chi connectivity index (χ0v) is 20.0. The van der Waals surface area contributed by atoms with Crippen LogP contribution in [0.3, 0.4) is 0 Å². The number of nitrogens with one attached hydrogen (secondary N) is 1. The molecule has 4 aromatic rings. The number of benzene rings is 2. The van der Waals surface area contributed by atoms with E-state index in [1.54, 1.807) is 23.1 Å². The molecule has 8 heteroatoms. The molecule has 2 atom stereocenters. The number of anilines is 1. The predicted molar refractivity (Wildman–Crippen MR) is 134 cm³/mol. The number of hydrogen-bond donors (Lipinski definition) is 1. The summed E-state index contributed by atoms with van der Waals surface area (Å²) >= 11 is 1.70. The van der Waals surface area contributed by atoms with Crippen molar-refractivity contribution in [3.05, 3.63) is 99.6 Å². The van der Waals surface area contributed by atoms with Crippen molar-refractivity contribution in [2.24, 2.45) is 0 Å². The van der Waals surface area contributed by atoms with Gasteiger partial charge in [-0.3, -0.25) is 4.79 Å². The highest BCUT2D eigenvalue weighted by Gasteiger charge is 2.39. The number of carbonyl (C=O) groups excluding carboxylic acids is 1. The Morgan fingerprint density at radius 2 is 1.97 bits per heavy atom. The van der Waals surface area contributed by atoms with E-state index in [0.717, 1.165) is 28.8 Å². The van der Waals surface area contributed by atoms with E-state index in [1.165, 1.54) is 11.2 Å². The summed E-state index contributed by atoms with van der Waals surface area (Å²) < 4.78 is 13.5. The van der Waals surface area contributed by atoms with Crippen molar-refractivity contribution >= 4 is 23.1 Å². The normalized spacial score (nSPS) is 19.1. The summed E-state index contributed by atoms with van der Waals surface area (Å²) in [4.78, 5) is 19.2. The van der Waals surface area contributed by atoms with E-state index in [0.29, 0.717) is 30.5 Å². The highest BCUT2D eigenvalue weighted by Crippen LogP contribution is 2.45. The van der Waals surface area contributed by atoms with Gasteiger partial charge in [-0.05, 0) is 41.1 Å². The predicted octanol–water partition coefficient (Wildman–Crippen LogP) is 5.34. The van der Waals surface area contributed by atoms with Gasteiger partial charge in [-0.1, -0.05) is 42.5 Å². The molecule has 3 heterocycles. The van der Waals surface area contributed by atoms with Crippen molar-refractivity contribution in [3.8, 4) is 11.5 Å². The van der Waals surface area contributed by atoms with Crippen LogP contribution in [0.15, 0.2) is 83.6 Å². The molecule has 0 fully saturated rings. The van der Waals surface area contributed by atoms with Crippen LogP contribution in [0, 0.1) is 0 Å². The van der Waals surface area contributed by atoms with Crippen LogP contribution >= 0.6 is 11.3 Å². The van der Waals surface area contributed by atoms with Gasteiger partial charge in [0.15, 0.2) is 17.3 Å². The molecule has 0 saturated carbocycles. The maximum absolute atomic E-state index is 13.5. The van der Waals surface area contributed by atoms with Crippen LogP contribution in [-0.4, -0.2) is 27.7 Å². The first-order valence-corrected chi connectivity index (χ1v) is 12.4. The molecule has 0 unspecified atom stereocenters. The minimum absolute atomic E-state index is 0.131. The van der Waals surface area contributed by atoms with Gasteiger partial charge < -0.3 is 14.8 Å². The SMILES string of the molecule is COc1cc([C@H]2C3=C(C[C@@H](c4cccs4)CC3=O)Nc3ncnn32)ccc1OCc1ccccc1. The Morgan fingerprint density at radius 1 is 1.09 bits per heavy atom. The van der Waals surface area contributed by atoms with E-state index in [1.807, 2.05) is 54.6 Å². The van der Waals surface area contributed by atoms with Gasteiger partial charge >= 0.3 is 0 Å². The van der Waals surface area contributed by atoms with Crippen LogP contribution in [0.5, 0.6) is 11.5 Å². The molecule has 1 aliphatic carbocycles. The number of aromatic nitrogens is 3. The van der Waals surface area contributed by atoms with Crippen LogP contribution in [-0.2, 0) is 11.4 Å². The number of hydrogen-bond acceptors (Lipinski definition) is 7. The van der Waals surface area contributed by atoms with E-state index in [-0.39, 0.29) is 17.7 Å². The van der Waals surface area contributed by atoms with Crippen LogP contribution in [0.2, 0.25) is 0 Å². The van der Waals surface area contributed by atoms with Crippen molar-refractivity contribution in [3.63, 3.8) is 0 Å². The molecule has 0 spiro atoms. The largest absolute Gasteiger partial charge is 0.493 e. The van der Waals surface area contributed by atoms with Gasteiger partial charge in [0.2, 0.25) is 5.95 Å². The number of nitrogens with zero attached hydrogens (tertiary/aromatic N) is 3. The number of rotatable bonds is 6. The highest BCUT2D eigenvalue weighted by atomic mass is 32.1. The molecule has 0 saturated heterocycles. The summed E-state index contributed by atoms with van der Waals surface area (Å²) in [5.41, 5.74) is 3.65. The number of ether oxygens (including phenoxy) is 2. The van der Waals surface area contributed by atoms with Gasteiger partial charge in [0, 0.05) is 28.5 Å². The third-order valence-electron chi connectivity index (χ3n) is 6.55. The summed E-state index contributed by atoms with van der Waals surface area (Å²) in [7, 11) is 1.62. The fourth-order valence-corrected chi connectivity index (χ4v) is 5.72. The Bertz CT molecular complexity index is 1400. The van der Waals surface area contributed by atoms with Gasteiger partial charge in [-0.2, -0.15) is 10.1 Å². The summed E-state index contributed by atoms with van der Waals surface area (Å²) in [6, 6.07) is 19.6. The molecule has 0 radical (unpaired) electrons. The molecule has 6 rings (SSSR count). The second-order valence-electron chi connectivity index (χ2n) is 8.68. The number of allylic oxidation sites excluding steroid dienone is 2. The number of methoxy groups -OCH3 is 1. The van der Waals surface area contributed by atoms with Gasteiger partial charge in [-0.25, -0.2) is 4.68 Å². The van der Waals surface area contributed by atoms with E-state index < -0.39 is 0 Å². The first kappa shape index (κ1) is 21.6. The highest BCUT2D eigenvalue weighted by molar-refractivity contribution is 7.10. The van der Waals surface area contributed by atoms with Gasteiger partial charge in [0.1, 0.15) is 19.0 Å². The maximum Gasteiger partial charge on any atom is 0.226 e. The standard InChI is InChI=1S/C27H24N4O3S/c1-33-23-14-18(9-10-22(23)34-15-17-6-3-2-4-7-17)26-25-20(30-27-28-16-29-31(26)27)12-19(13-21(25)32)24-8-5-11-35-24/h2-11,14,16,19,26H,12-13,15H2,1H3,(H,28,29,30)/t19-,26+/m1/s1. The van der Waals surface area contributed by atoms with Crippen LogP contribution in [0.25, 0.3) is 0 Å². The maximum atomic E-state index is 13.5. The lowest BCUT2D eigenvalue weighted by molar-refractivity contribution is -0.116. The zero-order valence-electron chi connectivity index (χ0n) is 19.2. The van der Waals surface area contributed by atoms with Crippen LogP contribution in [0.4, 0.5) is 5.95 Å². The first-order valence-electron chi connectivity index (χ1n) is 11.5. The van der Waals surface area contributed by atoms with E-state index in [9.17, 15) is 4.79 Å². The van der Waals surface area contributed by atoms with Gasteiger partial charge in [0.25, 0.3) is 0 Å². The molecule has 0 bridgehead atoms.